The fourth-order valence-electron chi connectivity index (χ4n) is 2.75. The van der Waals surface area contributed by atoms with Crippen molar-refractivity contribution in [3.05, 3.63) is 30.1 Å². The normalized spacial score (nSPS) is 17.0. The Morgan fingerprint density at radius 1 is 1.26 bits per heavy atom. The van der Waals surface area contributed by atoms with Crippen molar-refractivity contribution in [2.24, 2.45) is 5.41 Å². The van der Waals surface area contributed by atoms with Gasteiger partial charge in [0.25, 0.3) is 0 Å². The molecule has 1 aromatic rings. The number of carbonyl (C=O) groups is 1. The van der Waals surface area contributed by atoms with Crippen molar-refractivity contribution in [1.29, 1.82) is 0 Å². The molecule has 0 amide bonds. The van der Waals surface area contributed by atoms with Crippen LogP contribution in [0, 0.1) is 5.41 Å². The number of hydrogen-bond donors (Lipinski definition) is 0. The molecular weight excluding hydrogens is 238 g/mol. The molecule has 2 rings (SSSR count). The van der Waals surface area contributed by atoms with Crippen molar-refractivity contribution in [1.82, 2.24) is 4.98 Å². The van der Waals surface area contributed by atoms with Gasteiger partial charge in [-0.3, -0.25) is 9.78 Å². The van der Waals surface area contributed by atoms with Crippen LogP contribution in [0.15, 0.2) is 24.4 Å². The number of pyridine rings is 1. The predicted octanol–water partition coefficient (Wildman–Crippen LogP) is 3.77. The summed E-state index contributed by atoms with van der Waals surface area (Å²) in [6.07, 6.45) is 7.79. The Kier molecular flexibility index (Phi) is 6.54. The molecule has 1 aliphatic rings. The molecule has 0 radical (unpaired) electrons. The monoisotopic (exact) mass is 263 g/mol. The van der Waals surface area contributed by atoms with Gasteiger partial charge in [0, 0.05) is 18.3 Å². The summed E-state index contributed by atoms with van der Waals surface area (Å²) in [6, 6.07) is 5.85. The molecule has 1 saturated carbocycles. The summed E-state index contributed by atoms with van der Waals surface area (Å²) < 4.78 is 5.00. The van der Waals surface area contributed by atoms with Crippen LogP contribution in [0.1, 0.15) is 51.6 Å². The Morgan fingerprint density at radius 2 is 1.95 bits per heavy atom. The van der Waals surface area contributed by atoms with E-state index in [0.29, 0.717) is 6.42 Å². The van der Waals surface area contributed by atoms with E-state index >= 15 is 0 Å². The first-order valence-electron chi connectivity index (χ1n) is 7.25. The maximum atomic E-state index is 12.0. The van der Waals surface area contributed by atoms with Crippen molar-refractivity contribution < 1.29 is 9.53 Å². The molecule has 0 saturated heterocycles. The lowest BCUT2D eigenvalue weighted by Crippen LogP contribution is -2.36. The second kappa shape index (κ2) is 7.93. The molecule has 106 valence electrons. The molecular formula is C16H25NO2. The lowest BCUT2D eigenvalue weighted by Gasteiger charge is -2.34. The maximum Gasteiger partial charge on any atom is 0.312 e. The second-order valence-electron chi connectivity index (χ2n) is 4.83. The average Bonchev–Trinajstić information content (AvgIpc) is 2.50. The van der Waals surface area contributed by atoms with Gasteiger partial charge in [0.1, 0.15) is 0 Å². The highest BCUT2D eigenvalue weighted by molar-refractivity contribution is 5.77. The highest BCUT2D eigenvalue weighted by Crippen LogP contribution is 2.39. The molecule has 0 N–H and O–H groups in total. The van der Waals surface area contributed by atoms with E-state index in [1.165, 1.54) is 13.5 Å². The molecule has 3 nitrogen and oxygen atoms in total. The van der Waals surface area contributed by atoms with Crippen LogP contribution in [-0.2, 0) is 16.0 Å². The summed E-state index contributed by atoms with van der Waals surface area (Å²) >= 11 is 0. The standard InChI is InChI=1S/C14H19NO2.C2H6/c1-17-13(16)14(8-4-2-5-9-14)11-12-7-3-6-10-15-12;1-2/h3,6-7,10H,2,4-5,8-9,11H2,1H3;1-2H3. The van der Waals surface area contributed by atoms with Crippen molar-refractivity contribution >= 4 is 5.97 Å². The lowest BCUT2D eigenvalue weighted by molar-refractivity contribution is -0.155. The first-order valence-corrected chi connectivity index (χ1v) is 7.25. The number of rotatable bonds is 3. The van der Waals surface area contributed by atoms with Gasteiger partial charge in [0.05, 0.1) is 12.5 Å². The van der Waals surface area contributed by atoms with Gasteiger partial charge in [0.2, 0.25) is 0 Å². The highest BCUT2D eigenvalue weighted by Gasteiger charge is 2.40. The third-order valence-corrected chi connectivity index (χ3v) is 3.67. The van der Waals surface area contributed by atoms with E-state index in [9.17, 15) is 4.79 Å². The van der Waals surface area contributed by atoms with Gasteiger partial charge < -0.3 is 4.74 Å². The Hall–Kier alpha value is -1.38. The first kappa shape index (κ1) is 15.7. The molecule has 19 heavy (non-hydrogen) atoms. The molecule has 1 heterocycles. The Balaban J connectivity index is 0.000000861. The summed E-state index contributed by atoms with van der Waals surface area (Å²) in [5.74, 6) is -0.0668. The van der Waals surface area contributed by atoms with E-state index in [1.54, 1.807) is 6.20 Å². The van der Waals surface area contributed by atoms with Crippen LogP contribution in [0.2, 0.25) is 0 Å². The van der Waals surface area contributed by atoms with Crippen LogP contribution in [0.5, 0.6) is 0 Å². The van der Waals surface area contributed by atoms with E-state index in [-0.39, 0.29) is 11.4 Å². The summed E-state index contributed by atoms with van der Waals surface area (Å²) in [6.45, 7) is 4.00. The molecule has 1 aliphatic carbocycles. The molecule has 3 heteroatoms. The number of methoxy groups -OCH3 is 1. The van der Waals surface area contributed by atoms with Crippen molar-refractivity contribution in [3.8, 4) is 0 Å². The van der Waals surface area contributed by atoms with Crippen LogP contribution in [-0.4, -0.2) is 18.1 Å². The zero-order valence-electron chi connectivity index (χ0n) is 12.3. The van der Waals surface area contributed by atoms with E-state index in [4.69, 9.17) is 4.74 Å². The number of nitrogens with zero attached hydrogens (tertiary/aromatic N) is 1. The number of hydrogen-bond acceptors (Lipinski definition) is 3. The van der Waals surface area contributed by atoms with E-state index < -0.39 is 0 Å². The topological polar surface area (TPSA) is 39.2 Å². The molecule has 0 aliphatic heterocycles. The minimum absolute atomic E-state index is 0.0668. The molecule has 0 bridgehead atoms. The van der Waals surface area contributed by atoms with Gasteiger partial charge in [-0.15, -0.1) is 0 Å². The zero-order valence-corrected chi connectivity index (χ0v) is 12.3. The fourth-order valence-corrected chi connectivity index (χ4v) is 2.75. The lowest BCUT2D eigenvalue weighted by atomic mass is 9.71. The number of ether oxygens (including phenoxy) is 1. The quantitative estimate of drug-likeness (QED) is 0.779. The molecule has 0 unspecified atom stereocenters. The maximum absolute atomic E-state index is 12.0. The fraction of sp³-hybridized carbons (Fsp3) is 0.625. The smallest absolute Gasteiger partial charge is 0.312 e. The summed E-state index contributed by atoms with van der Waals surface area (Å²) in [5, 5.41) is 0. The van der Waals surface area contributed by atoms with Gasteiger partial charge in [-0.2, -0.15) is 0 Å². The van der Waals surface area contributed by atoms with E-state index in [0.717, 1.165) is 31.4 Å². The van der Waals surface area contributed by atoms with Gasteiger partial charge in [0.15, 0.2) is 0 Å². The van der Waals surface area contributed by atoms with Crippen LogP contribution < -0.4 is 0 Å². The van der Waals surface area contributed by atoms with E-state index in [1.807, 2.05) is 32.0 Å². The first-order chi connectivity index (χ1) is 9.27. The third kappa shape index (κ3) is 4.05. The second-order valence-corrected chi connectivity index (χ2v) is 4.83. The third-order valence-electron chi connectivity index (χ3n) is 3.67. The van der Waals surface area contributed by atoms with Gasteiger partial charge >= 0.3 is 5.97 Å². The molecule has 1 fully saturated rings. The summed E-state index contributed by atoms with van der Waals surface area (Å²) in [5.41, 5.74) is 0.654. The minimum atomic E-state index is -0.332. The molecule has 1 aromatic heterocycles. The minimum Gasteiger partial charge on any atom is -0.469 e. The zero-order chi connectivity index (χ0) is 14.1. The largest absolute Gasteiger partial charge is 0.469 e. The molecule has 0 aromatic carbocycles. The SMILES string of the molecule is CC.COC(=O)C1(Cc2ccccn2)CCCCC1. The van der Waals surface area contributed by atoms with Crippen molar-refractivity contribution in [2.75, 3.05) is 7.11 Å². The number of esters is 1. The van der Waals surface area contributed by atoms with Crippen LogP contribution in [0.4, 0.5) is 0 Å². The van der Waals surface area contributed by atoms with Crippen LogP contribution >= 0.6 is 0 Å². The molecule has 0 spiro atoms. The Labute approximate surface area is 116 Å². The Morgan fingerprint density at radius 3 is 2.47 bits per heavy atom. The molecule has 0 atom stereocenters. The highest BCUT2D eigenvalue weighted by atomic mass is 16.5. The summed E-state index contributed by atoms with van der Waals surface area (Å²) in [7, 11) is 1.48. The predicted molar refractivity (Wildman–Crippen MR) is 76.8 cm³/mol. The van der Waals surface area contributed by atoms with Gasteiger partial charge in [-0.1, -0.05) is 39.2 Å². The van der Waals surface area contributed by atoms with Crippen molar-refractivity contribution in [3.63, 3.8) is 0 Å². The number of aromatic nitrogens is 1. The summed E-state index contributed by atoms with van der Waals surface area (Å²) in [4.78, 5) is 16.4. The van der Waals surface area contributed by atoms with Crippen LogP contribution in [0.25, 0.3) is 0 Å². The van der Waals surface area contributed by atoms with E-state index in [2.05, 4.69) is 4.98 Å². The van der Waals surface area contributed by atoms with Gasteiger partial charge in [-0.05, 0) is 25.0 Å². The van der Waals surface area contributed by atoms with Crippen molar-refractivity contribution in [2.45, 2.75) is 52.4 Å². The van der Waals surface area contributed by atoms with Crippen LogP contribution in [0.3, 0.4) is 0 Å². The van der Waals surface area contributed by atoms with Gasteiger partial charge in [-0.25, -0.2) is 0 Å². The Bertz CT molecular complexity index is 370. The average molecular weight is 263 g/mol. The number of carbonyl (C=O) groups excluding carboxylic acids is 1.